The van der Waals surface area contributed by atoms with Crippen LogP contribution >= 0.6 is 0 Å². The zero-order valence-electron chi connectivity index (χ0n) is 40.2. The largest absolute Gasteiger partial charge is 0.463 e. The average molecular weight is 975 g/mol. The van der Waals surface area contributed by atoms with Gasteiger partial charge in [-0.15, -0.1) is 0 Å². The summed E-state index contributed by atoms with van der Waals surface area (Å²) in [6.07, 6.45) is -16.7. The molecule has 4 heterocycles. The van der Waals surface area contributed by atoms with Gasteiger partial charge >= 0.3 is 5.97 Å². The molecule has 4 saturated heterocycles. The highest BCUT2D eigenvalue weighted by molar-refractivity contribution is 5.65. The van der Waals surface area contributed by atoms with Gasteiger partial charge in [0.15, 0.2) is 24.7 Å². The van der Waals surface area contributed by atoms with Crippen molar-refractivity contribution in [2.45, 2.75) is 216 Å². The first kappa shape index (κ1) is 52.8. The second kappa shape index (κ2) is 19.7. The first-order valence-electron chi connectivity index (χ1n) is 24.7. The SMILES string of the molecule is CC(=O)OCC1OC(OC2CC(O)CC3=CCC4C5CC6OC(O)(CCC(C)(C)COC7OC(CO)C(O)C(O)C7O)C(C)C6C5(C)CCC4C32C)C(OC2OC(C)C(O)C(O)C2O)C(O)C1O. The van der Waals surface area contributed by atoms with E-state index < -0.39 is 140 Å². The number of rotatable bonds is 13. The van der Waals surface area contributed by atoms with Gasteiger partial charge in [-0.05, 0) is 80.0 Å². The van der Waals surface area contributed by atoms with E-state index in [1.807, 2.05) is 13.8 Å². The fourth-order valence-electron chi connectivity index (χ4n) is 13.9. The van der Waals surface area contributed by atoms with Gasteiger partial charge in [0.25, 0.3) is 0 Å². The van der Waals surface area contributed by atoms with Crippen LogP contribution in [0.15, 0.2) is 11.6 Å². The number of hydrogen-bond donors (Lipinski definition) is 11. The summed E-state index contributed by atoms with van der Waals surface area (Å²) < 4.78 is 48.4. The maximum absolute atomic E-state index is 12.3. The summed E-state index contributed by atoms with van der Waals surface area (Å²) in [6.45, 7) is 12.3. The zero-order chi connectivity index (χ0) is 49.6. The molecular formula is C48H78O20. The van der Waals surface area contributed by atoms with E-state index in [1.54, 1.807) is 0 Å². The lowest BCUT2D eigenvalue weighted by molar-refractivity contribution is -0.374. The van der Waals surface area contributed by atoms with E-state index in [9.17, 15) is 61.0 Å². The van der Waals surface area contributed by atoms with Crippen LogP contribution in [-0.4, -0.2) is 198 Å². The third-order valence-corrected chi connectivity index (χ3v) is 18.0. The molecule has 68 heavy (non-hydrogen) atoms. The maximum atomic E-state index is 12.3. The normalized spacial score (nSPS) is 52.6. The maximum Gasteiger partial charge on any atom is 0.302 e. The zero-order valence-corrected chi connectivity index (χ0v) is 40.2. The van der Waals surface area contributed by atoms with Crippen molar-refractivity contribution in [3.63, 3.8) is 0 Å². The van der Waals surface area contributed by atoms with Gasteiger partial charge < -0.3 is 94.1 Å². The van der Waals surface area contributed by atoms with Crippen molar-refractivity contribution in [2.75, 3.05) is 19.8 Å². The van der Waals surface area contributed by atoms with Gasteiger partial charge in [-0.3, -0.25) is 4.79 Å². The molecule has 26 unspecified atom stereocenters. The van der Waals surface area contributed by atoms with Gasteiger partial charge in [-0.1, -0.05) is 46.3 Å². The number of ether oxygens (including phenoxy) is 8. The Morgan fingerprint density at radius 2 is 1.47 bits per heavy atom. The van der Waals surface area contributed by atoms with Gasteiger partial charge in [0.2, 0.25) is 0 Å². The Balaban J connectivity index is 0.974. The summed E-state index contributed by atoms with van der Waals surface area (Å²) in [5.41, 5.74) is -0.314. The van der Waals surface area contributed by atoms with Gasteiger partial charge in [0.05, 0.1) is 37.6 Å². The molecule has 8 aliphatic rings. The van der Waals surface area contributed by atoms with Crippen LogP contribution < -0.4 is 0 Å². The van der Waals surface area contributed by atoms with Crippen LogP contribution in [0.2, 0.25) is 0 Å². The number of carbonyl (C=O) groups excluding carboxylic acids is 1. The van der Waals surface area contributed by atoms with Crippen LogP contribution in [0.1, 0.15) is 99.8 Å². The van der Waals surface area contributed by atoms with Gasteiger partial charge in [0.1, 0.15) is 73.8 Å². The highest BCUT2D eigenvalue weighted by Crippen LogP contribution is 2.70. The Labute approximate surface area is 397 Å². The van der Waals surface area contributed by atoms with E-state index in [-0.39, 0.29) is 54.1 Å². The highest BCUT2D eigenvalue weighted by Gasteiger charge is 2.69. The molecule has 390 valence electrons. The molecule has 7 fully saturated rings. The molecule has 3 saturated carbocycles. The third-order valence-electron chi connectivity index (χ3n) is 18.0. The minimum absolute atomic E-state index is 0.0562. The fourth-order valence-corrected chi connectivity index (χ4v) is 13.9. The van der Waals surface area contributed by atoms with Crippen LogP contribution in [0.5, 0.6) is 0 Å². The van der Waals surface area contributed by atoms with Crippen molar-refractivity contribution < 1.29 is 98.9 Å². The van der Waals surface area contributed by atoms with E-state index in [1.165, 1.54) is 13.8 Å². The van der Waals surface area contributed by atoms with Crippen molar-refractivity contribution in [3.8, 4) is 0 Å². The molecule has 0 spiro atoms. The number of allylic oxidation sites excluding steroid dienone is 1. The van der Waals surface area contributed by atoms with Crippen LogP contribution in [0.3, 0.4) is 0 Å². The first-order chi connectivity index (χ1) is 31.8. The molecule has 20 heteroatoms. The van der Waals surface area contributed by atoms with E-state index in [0.717, 1.165) is 31.3 Å². The lowest BCUT2D eigenvalue weighted by Crippen LogP contribution is -2.65. The Kier molecular flexibility index (Phi) is 15.3. The number of esters is 1. The second-order valence-electron chi connectivity index (χ2n) is 22.7. The van der Waals surface area contributed by atoms with Crippen molar-refractivity contribution in [3.05, 3.63) is 11.6 Å². The number of aliphatic hydroxyl groups excluding tert-OH is 10. The average Bonchev–Trinajstić information content (AvgIpc) is 3.72. The molecule has 11 N–H and O–H groups in total. The molecule has 0 aromatic heterocycles. The summed E-state index contributed by atoms with van der Waals surface area (Å²) in [5.74, 6) is -1.73. The Bertz CT molecular complexity index is 1800. The van der Waals surface area contributed by atoms with Gasteiger partial charge in [-0.25, -0.2) is 0 Å². The number of carbonyl (C=O) groups is 1. The number of aliphatic hydroxyl groups is 11. The molecule has 0 amide bonds. The standard InChI is InChI=1S/C48H78O20/c1-20-32-28(68-48(20,60)13-12-45(4,5)19-62-42-39(58)37(56)34(53)29(17-49)64-42)16-27-25-9-8-23-14-24(51)15-31(47(23,7)26(25)10-11-46(27,32)6)66-44-41(38(57)35(54)30(65-44)18-61-22(3)50)67-43-40(59)36(55)33(52)21(2)63-43/h8,20-21,24-44,49,51-60H,9-19H2,1-7H3. The van der Waals surface area contributed by atoms with Crippen molar-refractivity contribution >= 4 is 5.97 Å². The Morgan fingerprint density at radius 3 is 2.16 bits per heavy atom. The highest BCUT2D eigenvalue weighted by atomic mass is 16.8. The minimum atomic E-state index is -1.74. The summed E-state index contributed by atoms with van der Waals surface area (Å²) in [5, 5.41) is 119. The molecule has 26 atom stereocenters. The molecule has 0 radical (unpaired) electrons. The fraction of sp³-hybridized carbons (Fsp3) is 0.938. The molecule has 0 aromatic rings. The van der Waals surface area contributed by atoms with Gasteiger partial charge in [0, 0.05) is 31.1 Å². The minimum Gasteiger partial charge on any atom is -0.463 e. The van der Waals surface area contributed by atoms with Crippen LogP contribution in [0.4, 0.5) is 0 Å². The number of fused-ring (bicyclic) bond motifs is 7. The predicted molar refractivity (Wildman–Crippen MR) is 233 cm³/mol. The summed E-state index contributed by atoms with van der Waals surface area (Å²) >= 11 is 0. The van der Waals surface area contributed by atoms with E-state index in [2.05, 4.69) is 26.8 Å². The molecule has 8 rings (SSSR count). The smallest absolute Gasteiger partial charge is 0.302 e. The van der Waals surface area contributed by atoms with Crippen LogP contribution in [0, 0.1) is 45.8 Å². The lowest BCUT2D eigenvalue weighted by Gasteiger charge is -2.60. The molecule has 4 aliphatic heterocycles. The molecule has 0 aromatic carbocycles. The molecular weight excluding hydrogens is 897 g/mol. The molecule has 0 bridgehead atoms. The lowest BCUT2D eigenvalue weighted by atomic mass is 9.46. The second-order valence-corrected chi connectivity index (χ2v) is 22.7. The Morgan fingerprint density at radius 1 is 0.809 bits per heavy atom. The summed E-state index contributed by atoms with van der Waals surface area (Å²) in [6, 6.07) is 0. The monoisotopic (exact) mass is 975 g/mol. The van der Waals surface area contributed by atoms with E-state index in [4.69, 9.17) is 37.9 Å². The van der Waals surface area contributed by atoms with Crippen molar-refractivity contribution in [1.82, 2.24) is 0 Å². The quantitative estimate of drug-likeness (QED) is 0.0787. The number of hydrogen-bond acceptors (Lipinski definition) is 20. The first-order valence-corrected chi connectivity index (χ1v) is 24.7. The van der Waals surface area contributed by atoms with Crippen LogP contribution in [-0.2, 0) is 42.7 Å². The van der Waals surface area contributed by atoms with Crippen molar-refractivity contribution in [2.24, 2.45) is 45.8 Å². The predicted octanol–water partition coefficient (Wildman–Crippen LogP) is -0.900. The topological polar surface area (TPSA) is 313 Å². The van der Waals surface area contributed by atoms with E-state index in [0.29, 0.717) is 19.3 Å². The molecule has 4 aliphatic carbocycles. The Hall–Kier alpha value is -1.51. The van der Waals surface area contributed by atoms with E-state index >= 15 is 0 Å². The van der Waals surface area contributed by atoms with Gasteiger partial charge in [-0.2, -0.15) is 0 Å². The third kappa shape index (κ3) is 9.38. The van der Waals surface area contributed by atoms with Crippen LogP contribution in [0.25, 0.3) is 0 Å². The summed E-state index contributed by atoms with van der Waals surface area (Å²) in [7, 11) is 0. The molecule has 20 nitrogen and oxygen atoms in total. The van der Waals surface area contributed by atoms with Crippen molar-refractivity contribution in [1.29, 1.82) is 0 Å². The summed E-state index contributed by atoms with van der Waals surface area (Å²) in [4.78, 5) is 11.8.